The molecule has 2 aromatic heterocycles. The largest absolute Gasteiger partial charge is 0.477 e. The van der Waals surface area contributed by atoms with E-state index in [2.05, 4.69) is 22.1 Å². The Hall–Kier alpha value is -2.18. The van der Waals surface area contributed by atoms with E-state index in [4.69, 9.17) is 5.11 Å². The Labute approximate surface area is 137 Å². The predicted octanol–water partition coefficient (Wildman–Crippen LogP) is 2.89. The summed E-state index contributed by atoms with van der Waals surface area (Å²) in [6, 6.07) is 10.1. The van der Waals surface area contributed by atoms with Crippen LogP contribution in [0.5, 0.6) is 0 Å². The van der Waals surface area contributed by atoms with Crippen molar-refractivity contribution < 1.29 is 9.90 Å². The molecule has 118 valence electrons. The number of benzene rings is 1. The Kier molecular flexibility index (Phi) is 3.43. The number of hydrogen-bond acceptors (Lipinski definition) is 4. The molecule has 1 N–H and O–H groups in total. The second-order valence-electron chi connectivity index (χ2n) is 5.91. The molecule has 0 radical (unpaired) electrons. The fourth-order valence-corrected chi connectivity index (χ4v) is 4.32. The van der Waals surface area contributed by atoms with Gasteiger partial charge < -0.3 is 5.11 Å². The average Bonchev–Trinajstić information content (AvgIpc) is 3.10. The monoisotopic (exact) mass is 327 g/mol. The molecule has 0 saturated heterocycles. The van der Waals surface area contributed by atoms with Crippen LogP contribution in [0.2, 0.25) is 0 Å². The number of aromatic carboxylic acids is 1. The molecule has 0 amide bonds. The van der Waals surface area contributed by atoms with Gasteiger partial charge in [0.25, 0.3) is 0 Å². The fraction of sp³-hybridized carbons (Fsp3) is 0.294. The number of hydrogen-bond donors (Lipinski definition) is 1. The summed E-state index contributed by atoms with van der Waals surface area (Å²) in [6.07, 6.45) is 0.907. The molecule has 1 aliphatic heterocycles. The summed E-state index contributed by atoms with van der Waals surface area (Å²) in [5, 5.41) is 15.0. The molecule has 23 heavy (non-hydrogen) atoms. The standard InChI is InChI=1S/C17H17N3O2S/c1-19-14-5-3-2-4-12(14)13(18-19)9-20-7-6-11-8-15(17(21)22)23-16(11)10-20/h2-5,8H,6-7,9-10H2,1H3,(H,21,22). The van der Waals surface area contributed by atoms with Gasteiger partial charge in [-0.1, -0.05) is 18.2 Å². The van der Waals surface area contributed by atoms with E-state index in [-0.39, 0.29) is 0 Å². The van der Waals surface area contributed by atoms with E-state index in [0.717, 1.165) is 37.3 Å². The number of carboxylic acids is 1. The molecule has 5 nitrogen and oxygen atoms in total. The van der Waals surface area contributed by atoms with Crippen LogP contribution in [-0.4, -0.2) is 32.3 Å². The Morgan fingerprint density at radius 2 is 2.22 bits per heavy atom. The number of carbonyl (C=O) groups is 1. The highest BCUT2D eigenvalue weighted by Gasteiger charge is 2.22. The highest BCUT2D eigenvalue weighted by molar-refractivity contribution is 7.14. The van der Waals surface area contributed by atoms with Crippen LogP contribution in [0.15, 0.2) is 30.3 Å². The van der Waals surface area contributed by atoms with Gasteiger partial charge in [-0.3, -0.25) is 9.58 Å². The quantitative estimate of drug-likeness (QED) is 0.803. The van der Waals surface area contributed by atoms with E-state index in [1.807, 2.05) is 29.9 Å². The Bertz CT molecular complexity index is 897. The van der Waals surface area contributed by atoms with E-state index >= 15 is 0 Å². The summed E-state index contributed by atoms with van der Waals surface area (Å²) >= 11 is 1.40. The normalized spacial score (nSPS) is 15.0. The molecule has 0 unspecified atom stereocenters. The molecule has 1 aromatic carbocycles. The van der Waals surface area contributed by atoms with Gasteiger partial charge in [0.2, 0.25) is 0 Å². The summed E-state index contributed by atoms with van der Waals surface area (Å²) in [7, 11) is 1.97. The summed E-state index contributed by atoms with van der Waals surface area (Å²) in [6.45, 7) is 2.53. The SMILES string of the molecule is Cn1nc(CN2CCc3cc(C(=O)O)sc3C2)c2ccccc21. The first-order chi connectivity index (χ1) is 11.1. The van der Waals surface area contributed by atoms with Gasteiger partial charge in [-0.15, -0.1) is 11.3 Å². The molecule has 3 heterocycles. The zero-order valence-corrected chi connectivity index (χ0v) is 13.6. The lowest BCUT2D eigenvalue weighted by Crippen LogP contribution is -2.29. The second-order valence-corrected chi connectivity index (χ2v) is 7.05. The van der Waals surface area contributed by atoms with Crippen molar-refractivity contribution in [1.29, 1.82) is 0 Å². The van der Waals surface area contributed by atoms with Crippen LogP contribution in [0.4, 0.5) is 0 Å². The van der Waals surface area contributed by atoms with E-state index < -0.39 is 5.97 Å². The average molecular weight is 327 g/mol. The molecule has 0 bridgehead atoms. The molecule has 0 aliphatic carbocycles. The van der Waals surface area contributed by atoms with Crippen LogP contribution in [0.25, 0.3) is 10.9 Å². The van der Waals surface area contributed by atoms with Crippen LogP contribution >= 0.6 is 11.3 Å². The number of thiophene rings is 1. The van der Waals surface area contributed by atoms with Gasteiger partial charge in [0, 0.05) is 36.9 Å². The first-order valence-corrected chi connectivity index (χ1v) is 8.41. The first kappa shape index (κ1) is 14.4. The summed E-state index contributed by atoms with van der Waals surface area (Å²) < 4.78 is 1.92. The van der Waals surface area contributed by atoms with Crippen molar-refractivity contribution in [1.82, 2.24) is 14.7 Å². The highest BCUT2D eigenvalue weighted by atomic mass is 32.1. The van der Waals surface area contributed by atoms with Crippen molar-refractivity contribution in [3.63, 3.8) is 0 Å². The Morgan fingerprint density at radius 3 is 3.04 bits per heavy atom. The minimum absolute atomic E-state index is 0.445. The molecular formula is C17H17N3O2S. The van der Waals surface area contributed by atoms with Crippen LogP contribution in [-0.2, 0) is 26.6 Å². The number of para-hydroxylation sites is 1. The topological polar surface area (TPSA) is 58.4 Å². The third kappa shape index (κ3) is 2.54. The number of aromatic nitrogens is 2. The Balaban J connectivity index is 1.59. The fourth-order valence-electron chi connectivity index (χ4n) is 3.23. The zero-order valence-electron chi connectivity index (χ0n) is 12.8. The minimum atomic E-state index is -0.827. The lowest BCUT2D eigenvalue weighted by atomic mass is 10.1. The summed E-state index contributed by atoms with van der Waals surface area (Å²) in [5.74, 6) is -0.827. The highest BCUT2D eigenvalue weighted by Crippen LogP contribution is 2.29. The Morgan fingerprint density at radius 1 is 1.39 bits per heavy atom. The number of rotatable bonds is 3. The maximum absolute atomic E-state index is 11.1. The van der Waals surface area contributed by atoms with Gasteiger partial charge in [0.15, 0.2) is 0 Å². The molecule has 6 heteroatoms. The lowest BCUT2D eigenvalue weighted by molar-refractivity contribution is 0.0702. The molecule has 0 spiro atoms. The lowest BCUT2D eigenvalue weighted by Gasteiger charge is -2.25. The number of aryl methyl sites for hydroxylation is 1. The van der Waals surface area contributed by atoms with Crippen LogP contribution < -0.4 is 0 Å². The van der Waals surface area contributed by atoms with Gasteiger partial charge >= 0.3 is 5.97 Å². The van der Waals surface area contributed by atoms with E-state index in [0.29, 0.717) is 4.88 Å². The van der Waals surface area contributed by atoms with E-state index in [1.54, 1.807) is 0 Å². The van der Waals surface area contributed by atoms with Gasteiger partial charge in [0.1, 0.15) is 4.88 Å². The number of nitrogens with zero attached hydrogens (tertiary/aromatic N) is 3. The van der Waals surface area contributed by atoms with Crippen LogP contribution in [0, 0.1) is 0 Å². The van der Waals surface area contributed by atoms with E-state index in [9.17, 15) is 4.79 Å². The third-order valence-electron chi connectivity index (χ3n) is 4.38. The van der Waals surface area contributed by atoms with Gasteiger partial charge in [-0.05, 0) is 24.1 Å². The van der Waals surface area contributed by atoms with Crippen molar-refractivity contribution >= 4 is 28.2 Å². The third-order valence-corrected chi connectivity index (χ3v) is 5.53. The number of fused-ring (bicyclic) bond motifs is 2. The maximum Gasteiger partial charge on any atom is 0.345 e. The van der Waals surface area contributed by atoms with Crippen LogP contribution in [0.3, 0.4) is 0 Å². The van der Waals surface area contributed by atoms with Crippen molar-refractivity contribution in [3.8, 4) is 0 Å². The van der Waals surface area contributed by atoms with Crippen molar-refractivity contribution in [2.24, 2.45) is 7.05 Å². The van der Waals surface area contributed by atoms with Gasteiger partial charge in [-0.2, -0.15) is 5.10 Å². The first-order valence-electron chi connectivity index (χ1n) is 7.59. The van der Waals surface area contributed by atoms with Crippen molar-refractivity contribution in [2.45, 2.75) is 19.5 Å². The van der Waals surface area contributed by atoms with Crippen molar-refractivity contribution in [2.75, 3.05) is 6.54 Å². The molecule has 1 aliphatic rings. The van der Waals surface area contributed by atoms with Crippen molar-refractivity contribution in [3.05, 3.63) is 51.3 Å². The predicted molar refractivity (Wildman–Crippen MR) is 89.8 cm³/mol. The van der Waals surface area contributed by atoms with Gasteiger partial charge in [0.05, 0.1) is 11.2 Å². The van der Waals surface area contributed by atoms with E-state index in [1.165, 1.54) is 27.2 Å². The van der Waals surface area contributed by atoms with Crippen LogP contribution in [0.1, 0.15) is 25.8 Å². The second kappa shape index (κ2) is 5.47. The maximum atomic E-state index is 11.1. The molecule has 0 saturated carbocycles. The molecule has 4 rings (SSSR count). The smallest absolute Gasteiger partial charge is 0.345 e. The van der Waals surface area contributed by atoms with Gasteiger partial charge in [-0.25, -0.2) is 4.79 Å². The molecule has 3 aromatic rings. The molecule has 0 fully saturated rings. The summed E-state index contributed by atoms with van der Waals surface area (Å²) in [4.78, 5) is 15.1. The molecular weight excluding hydrogens is 310 g/mol. The molecule has 0 atom stereocenters. The minimum Gasteiger partial charge on any atom is -0.477 e. The number of carboxylic acid groups (broad SMARTS) is 1. The summed E-state index contributed by atoms with van der Waals surface area (Å²) in [5.41, 5.74) is 3.42. The zero-order chi connectivity index (χ0) is 16.0.